The first-order valence-electron chi connectivity index (χ1n) is 6.60. The number of piperazine rings is 1. The van der Waals surface area contributed by atoms with Crippen LogP contribution in [0.15, 0.2) is 12.4 Å². The van der Waals surface area contributed by atoms with Gasteiger partial charge in [-0.25, -0.2) is 4.98 Å². The average molecular weight is 236 g/mol. The van der Waals surface area contributed by atoms with Gasteiger partial charge in [0.2, 0.25) is 0 Å². The van der Waals surface area contributed by atoms with Gasteiger partial charge in [0.25, 0.3) is 0 Å². The summed E-state index contributed by atoms with van der Waals surface area (Å²) in [5, 5.41) is 3.59. The summed E-state index contributed by atoms with van der Waals surface area (Å²) in [6.45, 7) is 12.3. The number of nitrogens with zero attached hydrogens (tertiary/aromatic N) is 3. The van der Waals surface area contributed by atoms with E-state index in [1.807, 2.05) is 6.20 Å². The van der Waals surface area contributed by atoms with Crippen molar-refractivity contribution in [1.29, 1.82) is 0 Å². The first-order valence-corrected chi connectivity index (χ1v) is 6.60. The van der Waals surface area contributed by atoms with Crippen LogP contribution >= 0.6 is 0 Å². The molecule has 0 radical (unpaired) electrons. The Hall–Kier alpha value is -0.870. The zero-order valence-corrected chi connectivity index (χ0v) is 11.2. The van der Waals surface area contributed by atoms with E-state index >= 15 is 0 Å². The number of nitrogens with one attached hydrogen (secondary N) is 1. The van der Waals surface area contributed by atoms with Crippen LogP contribution in [0, 0.1) is 12.8 Å². The van der Waals surface area contributed by atoms with Gasteiger partial charge in [0.1, 0.15) is 5.82 Å². The monoisotopic (exact) mass is 236 g/mol. The predicted octanol–water partition coefficient (Wildman–Crippen LogP) is 1.12. The van der Waals surface area contributed by atoms with Crippen molar-refractivity contribution in [3.8, 4) is 0 Å². The van der Waals surface area contributed by atoms with E-state index in [4.69, 9.17) is 0 Å². The summed E-state index contributed by atoms with van der Waals surface area (Å²) in [6, 6.07) is 0.646. The Kier molecular flexibility index (Phi) is 4.18. The molecule has 2 heterocycles. The molecule has 0 spiro atoms. The van der Waals surface area contributed by atoms with Gasteiger partial charge >= 0.3 is 0 Å². The third kappa shape index (κ3) is 3.30. The van der Waals surface area contributed by atoms with Crippen LogP contribution in [0.5, 0.6) is 0 Å². The van der Waals surface area contributed by atoms with Crippen LogP contribution in [-0.4, -0.2) is 46.7 Å². The average Bonchev–Trinajstić information content (AvgIpc) is 2.72. The number of aromatic nitrogens is 2. The molecule has 1 N–H and O–H groups in total. The highest BCUT2D eigenvalue weighted by atomic mass is 15.2. The highest BCUT2D eigenvalue weighted by Crippen LogP contribution is 2.08. The standard InChI is InChI=1S/C13H24N4/c1-11(2)13-10-16(6-4-15-13)8-9-17-7-5-14-12(17)3/h5,7,11,13,15H,4,6,8-10H2,1-3H3. The van der Waals surface area contributed by atoms with E-state index in [9.17, 15) is 0 Å². The summed E-state index contributed by atoms with van der Waals surface area (Å²) in [5.41, 5.74) is 0. The lowest BCUT2D eigenvalue weighted by atomic mass is 10.0. The summed E-state index contributed by atoms with van der Waals surface area (Å²) in [4.78, 5) is 6.81. The van der Waals surface area contributed by atoms with Crippen LogP contribution in [-0.2, 0) is 6.54 Å². The Morgan fingerprint density at radius 3 is 2.94 bits per heavy atom. The Morgan fingerprint density at radius 2 is 2.29 bits per heavy atom. The molecule has 1 atom stereocenters. The minimum atomic E-state index is 0.646. The largest absolute Gasteiger partial charge is 0.334 e. The fourth-order valence-corrected chi connectivity index (χ4v) is 2.38. The maximum Gasteiger partial charge on any atom is 0.105 e. The minimum absolute atomic E-state index is 0.646. The number of rotatable bonds is 4. The van der Waals surface area contributed by atoms with Crippen molar-refractivity contribution in [2.75, 3.05) is 26.2 Å². The Labute approximate surface area is 104 Å². The lowest BCUT2D eigenvalue weighted by Crippen LogP contribution is -2.53. The van der Waals surface area contributed by atoms with Crippen LogP contribution < -0.4 is 5.32 Å². The second-order valence-corrected chi connectivity index (χ2v) is 5.27. The van der Waals surface area contributed by atoms with Crippen LogP contribution in [0.25, 0.3) is 0 Å². The number of imidazole rings is 1. The highest BCUT2D eigenvalue weighted by molar-refractivity contribution is 4.89. The first kappa shape index (κ1) is 12.6. The normalized spacial score (nSPS) is 22.2. The molecule has 0 aliphatic carbocycles. The Morgan fingerprint density at radius 1 is 1.47 bits per heavy atom. The van der Waals surface area contributed by atoms with Gasteiger partial charge in [-0.2, -0.15) is 0 Å². The molecule has 1 aromatic rings. The van der Waals surface area contributed by atoms with Crippen LogP contribution in [0.1, 0.15) is 19.7 Å². The van der Waals surface area contributed by atoms with Crippen molar-refractivity contribution in [3.05, 3.63) is 18.2 Å². The van der Waals surface area contributed by atoms with Gasteiger partial charge in [-0.3, -0.25) is 4.90 Å². The Balaban J connectivity index is 1.81. The van der Waals surface area contributed by atoms with E-state index in [1.165, 1.54) is 6.54 Å². The molecule has 0 aromatic carbocycles. The second-order valence-electron chi connectivity index (χ2n) is 5.27. The molecule has 0 saturated carbocycles. The van der Waals surface area contributed by atoms with Gasteiger partial charge in [-0.05, 0) is 12.8 Å². The van der Waals surface area contributed by atoms with Gasteiger partial charge in [0.15, 0.2) is 0 Å². The zero-order chi connectivity index (χ0) is 12.3. The van der Waals surface area contributed by atoms with Crippen LogP contribution in [0.4, 0.5) is 0 Å². The van der Waals surface area contributed by atoms with Gasteiger partial charge in [-0.15, -0.1) is 0 Å². The highest BCUT2D eigenvalue weighted by Gasteiger charge is 2.21. The summed E-state index contributed by atoms with van der Waals surface area (Å²) in [6.07, 6.45) is 3.95. The van der Waals surface area contributed by atoms with E-state index in [2.05, 4.69) is 46.7 Å². The maximum atomic E-state index is 4.26. The SMILES string of the molecule is Cc1nccn1CCN1CCNC(C(C)C)C1. The molecule has 1 aliphatic heterocycles. The minimum Gasteiger partial charge on any atom is -0.334 e. The van der Waals surface area contributed by atoms with Crippen LogP contribution in [0.2, 0.25) is 0 Å². The summed E-state index contributed by atoms with van der Waals surface area (Å²) >= 11 is 0. The zero-order valence-electron chi connectivity index (χ0n) is 11.2. The lowest BCUT2D eigenvalue weighted by molar-refractivity contribution is 0.170. The van der Waals surface area contributed by atoms with Crippen molar-refractivity contribution in [1.82, 2.24) is 19.8 Å². The molecule has 17 heavy (non-hydrogen) atoms. The molecule has 4 nitrogen and oxygen atoms in total. The molecule has 4 heteroatoms. The van der Waals surface area contributed by atoms with Gasteiger partial charge < -0.3 is 9.88 Å². The fraction of sp³-hybridized carbons (Fsp3) is 0.769. The maximum absolute atomic E-state index is 4.26. The molecule has 1 aromatic heterocycles. The fourth-order valence-electron chi connectivity index (χ4n) is 2.38. The Bertz CT molecular complexity index is 345. The summed E-state index contributed by atoms with van der Waals surface area (Å²) < 4.78 is 2.23. The molecule has 96 valence electrons. The van der Waals surface area contributed by atoms with Crippen LogP contribution in [0.3, 0.4) is 0 Å². The quantitative estimate of drug-likeness (QED) is 0.850. The van der Waals surface area contributed by atoms with Gasteiger partial charge in [-0.1, -0.05) is 13.8 Å². The van der Waals surface area contributed by atoms with E-state index in [1.54, 1.807) is 0 Å². The topological polar surface area (TPSA) is 33.1 Å². The lowest BCUT2D eigenvalue weighted by Gasteiger charge is -2.35. The second kappa shape index (κ2) is 5.65. The predicted molar refractivity (Wildman–Crippen MR) is 70.0 cm³/mol. The van der Waals surface area contributed by atoms with Crippen molar-refractivity contribution >= 4 is 0 Å². The summed E-state index contributed by atoms with van der Waals surface area (Å²) in [7, 11) is 0. The molecule has 1 saturated heterocycles. The molecular formula is C13H24N4. The molecular weight excluding hydrogens is 212 g/mol. The van der Waals surface area contributed by atoms with Crippen molar-refractivity contribution in [2.45, 2.75) is 33.4 Å². The van der Waals surface area contributed by atoms with Crippen molar-refractivity contribution in [2.24, 2.45) is 5.92 Å². The number of hydrogen-bond acceptors (Lipinski definition) is 3. The molecule has 2 rings (SSSR count). The molecule has 0 bridgehead atoms. The molecule has 1 unspecified atom stereocenters. The van der Waals surface area contributed by atoms with Gasteiger partial charge in [0.05, 0.1) is 0 Å². The van der Waals surface area contributed by atoms with E-state index in [0.717, 1.165) is 32.0 Å². The van der Waals surface area contributed by atoms with Gasteiger partial charge in [0, 0.05) is 51.2 Å². The summed E-state index contributed by atoms with van der Waals surface area (Å²) in [5.74, 6) is 1.83. The van der Waals surface area contributed by atoms with Crippen molar-refractivity contribution in [3.63, 3.8) is 0 Å². The third-order valence-electron chi connectivity index (χ3n) is 3.67. The number of aryl methyl sites for hydroxylation is 1. The van der Waals surface area contributed by atoms with E-state index < -0.39 is 0 Å². The molecule has 1 aliphatic rings. The molecule has 0 amide bonds. The molecule has 1 fully saturated rings. The number of hydrogen-bond donors (Lipinski definition) is 1. The third-order valence-corrected chi connectivity index (χ3v) is 3.67. The smallest absolute Gasteiger partial charge is 0.105 e. The van der Waals surface area contributed by atoms with E-state index in [0.29, 0.717) is 12.0 Å². The van der Waals surface area contributed by atoms with E-state index in [-0.39, 0.29) is 0 Å². The first-order chi connectivity index (χ1) is 8.16. The van der Waals surface area contributed by atoms with Crippen molar-refractivity contribution < 1.29 is 0 Å².